The van der Waals surface area contributed by atoms with Crippen molar-refractivity contribution in [2.45, 2.75) is 19.9 Å². The molecule has 1 N–H and O–H groups in total. The zero-order valence-electron chi connectivity index (χ0n) is 10.7. The summed E-state index contributed by atoms with van der Waals surface area (Å²) in [6.07, 6.45) is 5.76. The zero-order chi connectivity index (χ0) is 13.7. The monoisotopic (exact) mass is 278 g/mol. The molecule has 0 saturated carbocycles. The summed E-state index contributed by atoms with van der Waals surface area (Å²) in [4.78, 5) is 24.8. The van der Waals surface area contributed by atoms with E-state index in [1.165, 1.54) is 24.4 Å². The van der Waals surface area contributed by atoms with Gasteiger partial charge in [0.2, 0.25) is 0 Å². The number of nitrogens with zero attached hydrogens (tertiary/aromatic N) is 3. The lowest BCUT2D eigenvalue weighted by molar-refractivity contribution is 0.0593. The van der Waals surface area contributed by atoms with Gasteiger partial charge in [-0.15, -0.1) is 11.3 Å². The summed E-state index contributed by atoms with van der Waals surface area (Å²) in [7, 11) is 1.31. The van der Waals surface area contributed by atoms with Gasteiger partial charge in [0, 0.05) is 11.1 Å². The molecular weight excluding hydrogens is 264 g/mol. The molecule has 19 heavy (non-hydrogen) atoms. The van der Waals surface area contributed by atoms with Crippen LogP contribution < -0.4 is 5.32 Å². The topological polar surface area (TPSA) is 77.0 Å². The Balaban J connectivity index is 1.94. The number of hydrogen-bond acceptors (Lipinski definition) is 7. The SMILES string of the molecule is CCc1cnc(CNc2cnc(C(=O)OC)cn2)s1. The standard InChI is InChI=1S/C12H14N4O2S/c1-3-8-4-16-11(19-8)7-15-10-6-13-9(5-14-10)12(17)18-2/h4-6H,3,7H2,1-2H3,(H,14,15). The number of esters is 1. The van der Waals surface area contributed by atoms with E-state index in [4.69, 9.17) is 0 Å². The number of nitrogens with one attached hydrogen (secondary N) is 1. The number of aromatic nitrogens is 3. The molecule has 2 aromatic rings. The van der Waals surface area contributed by atoms with Crippen LogP contribution in [0.1, 0.15) is 27.3 Å². The van der Waals surface area contributed by atoms with Gasteiger partial charge in [-0.2, -0.15) is 0 Å². The highest BCUT2D eigenvalue weighted by atomic mass is 32.1. The first-order chi connectivity index (χ1) is 9.22. The first-order valence-corrected chi connectivity index (χ1v) is 6.62. The molecule has 7 heteroatoms. The fourth-order valence-corrected chi connectivity index (χ4v) is 2.19. The van der Waals surface area contributed by atoms with Crippen LogP contribution in [0.25, 0.3) is 0 Å². The Morgan fingerprint density at radius 2 is 2.16 bits per heavy atom. The maximum absolute atomic E-state index is 11.2. The fourth-order valence-electron chi connectivity index (χ4n) is 1.39. The van der Waals surface area contributed by atoms with Crippen LogP contribution in [-0.2, 0) is 17.7 Å². The number of aryl methyl sites for hydroxylation is 1. The van der Waals surface area contributed by atoms with Gasteiger partial charge in [-0.1, -0.05) is 6.92 Å². The molecule has 0 amide bonds. The number of rotatable bonds is 5. The Bertz CT molecular complexity index is 553. The second-order valence-corrected chi connectivity index (χ2v) is 4.91. The van der Waals surface area contributed by atoms with Crippen LogP contribution in [0, 0.1) is 0 Å². The summed E-state index contributed by atoms with van der Waals surface area (Å²) in [5.41, 5.74) is 0.190. The summed E-state index contributed by atoms with van der Waals surface area (Å²) >= 11 is 1.67. The van der Waals surface area contributed by atoms with E-state index in [1.807, 2.05) is 6.20 Å². The van der Waals surface area contributed by atoms with Gasteiger partial charge in [0.25, 0.3) is 0 Å². The first kappa shape index (κ1) is 13.4. The zero-order valence-corrected chi connectivity index (χ0v) is 11.5. The van der Waals surface area contributed by atoms with Crippen LogP contribution >= 0.6 is 11.3 Å². The van der Waals surface area contributed by atoms with Crippen LogP contribution in [-0.4, -0.2) is 28.0 Å². The van der Waals surface area contributed by atoms with Gasteiger partial charge in [-0.25, -0.2) is 19.7 Å². The smallest absolute Gasteiger partial charge is 0.358 e. The second kappa shape index (κ2) is 6.24. The average Bonchev–Trinajstić information content (AvgIpc) is 2.93. The Morgan fingerprint density at radius 1 is 1.32 bits per heavy atom. The third-order valence-electron chi connectivity index (χ3n) is 2.42. The van der Waals surface area contributed by atoms with E-state index >= 15 is 0 Å². The van der Waals surface area contributed by atoms with Crippen molar-refractivity contribution in [2.75, 3.05) is 12.4 Å². The molecular formula is C12H14N4O2S. The van der Waals surface area contributed by atoms with Gasteiger partial charge in [0.15, 0.2) is 5.69 Å². The normalized spacial score (nSPS) is 10.2. The van der Waals surface area contributed by atoms with E-state index in [0.717, 1.165) is 11.4 Å². The highest BCUT2D eigenvalue weighted by Crippen LogP contribution is 2.14. The Morgan fingerprint density at radius 3 is 2.74 bits per heavy atom. The van der Waals surface area contributed by atoms with Gasteiger partial charge in [-0.05, 0) is 6.42 Å². The van der Waals surface area contributed by atoms with Gasteiger partial charge < -0.3 is 10.1 Å². The van der Waals surface area contributed by atoms with Gasteiger partial charge in [0.05, 0.1) is 26.0 Å². The maximum atomic E-state index is 11.2. The van der Waals surface area contributed by atoms with Crippen molar-refractivity contribution in [1.29, 1.82) is 0 Å². The van der Waals surface area contributed by atoms with E-state index < -0.39 is 5.97 Å². The van der Waals surface area contributed by atoms with Gasteiger partial charge >= 0.3 is 5.97 Å². The minimum Gasteiger partial charge on any atom is -0.464 e. The summed E-state index contributed by atoms with van der Waals surface area (Å²) in [6.45, 7) is 2.69. The van der Waals surface area contributed by atoms with Crippen molar-refractivity contribution in [3.8, 4) is 0 Å². The molecule has 0 aromatic carbocycles. The average molecular weight is 278 g/mol. The Labute approximate surface area is 114 Å². The molecule has 0 spiro atoms. The number of carbonyl (C=O) groups is 1. The number of thiazole rings is 1. The molecule has 0 aliphatic rings. The number of hydrogen-bond donors (Lipinski definition) is 1. The summed E-state index contributed by atoms with van der Waals surface area (Å²) in [5.74, 6) is 0.104. The van der Waals surface area contributed by atoms with E-state index in [-0.39, 0.29) is 5.69 Å². The lowest BCUT2D eigenvalue weighted by Gasteiger charge is -2.03. The highest BCUT2D eigenvalue weighted by Gasteiger charge is 2.07. The fraction of sp³-hybridized carbons (Fsp3) is 0.333. The molecule has 0 aliphatic carbocycles. The molecule has 6 nitrogen and oxygen atoms in total. The highest BCUT2D eigenvalue weighted by molar-refractivity contribution is 7.11. The lowest BCUT2D eigenvalue weighted by atomic mass is 10.4. The minimum atomic E-state index is -0.494. The van der Waals surface area contributed by atoms with Crippen molar-refractivity contribution >= 4 is 23.1 Å². The molecule has 0 aliphatic heterocycles. The largest absolute Gasteiger partial charge is 0.464 e. The lowest BCUT2D eigenvalue weighted by Crippen LogP contribution is -2.07. The summed E-state index contributed by atoms with van der Waals surface area (Å²) in [6, 6.07) is 0. The van der Waals surface area contributed by atoms with E-state index in [1.54, 1.807) is 11.3 Å². The minimum absolute atomic E-state index is 0.190. The Hall–Kier alpha value is -2.02. The van der Waals surface area contributed by atoms with Crippen LogP contribution in [0.4, 0.5) is 5.82 Å². The number of carbonyl (C=O) groups excluding carboxylic acids is 1. The molecule has 100 valence electrons. The third kappa shape index (κ3) is 3.47. The molecule has 0 radical (unpaired) electrons. The number of anilines is 1. The van der Waals surface area contributed by atoms with Crippen LogP contribution in [0.2, 0.25) is 0 Å². The van der Waals surface area contributed by atoms with Crippen molar-refractivity contribution in [3.05, 3.63) is 34.2 Å². The van der Waals surface area contributed by atoms with E-state index in [2.05, 4.69) is 31.9 Å². The molecule has 0 saturated heterocycles. The third-order valence-corrected chi connectivity index (χ3v) is 3.56. The molecule has 0 bridgehead atoms. The van der Waals surface area contributed by atoms with Crippen molar-refractivity contribution < 1.29 is 9.53 Å². The second-order valence-electron chi connectivity index (χ2n) is 3.71. The van der Waals surface area contributed by atoms with Crippen molar-refractivity contribution in [1.82, 2.24) is 15.0 Å². The predicted molar refractivity (Wildman–Crippen MR) is 72.2 cm³/mol. The first-order valence-electron chi connectivity index (χ1n) is 5.80. The summed E-state index contributed by atoms with van der Waals surface area (Å²) < 4.78 is 4.55. The molecule has 2 heterocycles. The van der Waals surface area contributed by atoms with Crippen molar-refractivity contribution in [2.24, 2.45) is 0 Å². The molecule has 0 fully saturated rings. The predicted octanol–water partition coefficient (Wildman–Crippen LogP) is 1.89. The van der Waals surface area contributed by atoms with E-state index in [9.17, 15) is 4.79 Å². The van der Waals surface area contributed by atoms with Gasteiger partial charge in [-0.3, -0.25) is 0 Å². The molecule has 0 unspecified atom stereocenters. The van der Waals surface area contributed by atoms with E-state index in [0.29, 0.717) is 12.4 Å². The number of ether oxygens (including phenoxy) is 1. The van der Waals surface area contributed by atoms with Crippen LogP contribution in [0.3, 0.4) is 0 Å². The maximum Gasteiger partial charge on any atom is 0.358 e. The van der Waals surface area contributed by atoms with Gasteiger partial charge in [0.1, 0.15) is 10.8 Å². The van der Waals surface area contributed by atoms with Crippen LogP contribution in [0.15, 0.2) is 18.6 Å². The Kier molecular flexibility index (Phi) is 4.40. The van der Waals surface area contributed by atoms with Crippen molar-refractivity contribution in [3.63, 3.8) is 0 Å². The summed E-state index contributed by atoms with van der Waals surface area (Å²) in [5, 5.41) is 4.10. The number of methoxy groups -OCH3 is 1. The quantitative estimate of drug-likeness (QED) is 0.842. The molecule has 2 rings (SSSR count). The molecule has 2 aromatic heterocycles. The van der Waals surface area contributed by atoms with Crippen LogP contribution in [0.5, 0.6) is 0 Å². The molecule has 0 atom stereocenters.